The van der Waals surface area contributed by atoms with Gasteiger partial charge >= 0.3 is 5.97 Å². The monoisotopic (exact) mass is 267 g/mol. The predicted octanol–water partition coefficient (Wildman–Crippen LogP) is 1.73. The van der Waals surface area contributed by atoms with Gasteiger partial charge in [0.1, 0.15) is 6.10 Å². The van der Waals surface area contributed by atoms with Crippen LogP contribution in [0, 0.1) is 5.92 Å². The van der Waals surface area contributed by atoms with E-state index in [1.165, 1.54) is 12.8 Å². The molecule has 0 radical (unpaired) electrons. The maximum absolute atomic E-state index is 11.3. The van der Waals surface area contributed by atoms with Gasteiger partial charge in [0.15, 0.2) is 0 Å². The first-order valence-corrected chi connectivity index (χ1v) is 7.38. The zero-order valence-corrected chi connectivity index (χ0v) is 11.9. The maximum Gasteiger partial charge on any atom is 0.306 e. The van der Waals surface area contributed by atoms with E-state index in [-0.39, 0.29) is 30.1 Å². The van der Waals surface area contributed by atoms with Crippen LogP contribution in [0.15, 0.2) is 12.2 Å². The molecule has 0 amide bonds. The van der Waals surface area contributed by atoms with E-state index in [2.05, 4.69) is 17.9 Å². The molecule has 19 heavy (non-hydrogen) atoms. The fourth-order valence-electron chi connectivity index (χ4n) is 3.11. The SMILES string of the molecule is CCCCCC(O)CN(C)[C@H]1C=C[C@H]2OC(=O)C[C@H]21. The molecule has 1 fully saturated rings. The van der Waals surface area contributed by atoms with Gasteiger partial charge in [-0.3, -0.25) is 9.69 Å². The van der Waals surface area contributed by atoms with Crippen molar-refractivity contribution in [2.75, 3.05) is 13.6 Å². The van der Waals surface area contributed by atoms with Gasteiger partial charge in [0.2, 0.25) is 0 Å². The van der Waals surface area contributed by atoms with Crippen LogP contribution < -0.4 is 0 Å². The van der Waals surface area contributed by atoms with Crippen LogP contribution in [-0.4, -0.2) is 47.8 Å². The van der Waals surface area contributed by atoms with Gasteiger partial charge in [0.05, 0.1) is 12.5 Å². The fraction of sp³-hybridized carbons (Fsp3) is 0.800. The highest BCUT2D eigenvalue weighted by Crippen LogP contribution is 2.34. The van der Waals surface area contributed by atoms with Crippen LogP contribution in [-0.2, 0) is 9.53 Å². The summed E-state index contributed by atoms with van der Waals surface area (Å²) >= 11 is 0. The van der Waals surface area contributed by atoms with Crippen molar-refractivity contribution in [2.24, 2.45) is 5.92 Å². The molecule has 0 aromatic carbocycles. The second-order valence-corrected chi connectivity index (χ2v) is 5.79. The Morgan fingerprint density at radius 1 is 1.47 bits per heavy atom. The van der Waals surface area contributed by atoms with E-state index in [1.54, 1.807) is 0 Å². The number of aliphatic hydroxyl groups is 1. The van der Waals surface area contributed by atoms with Crippen LogP contribution >= 0.6 is 0 Å². The van der Waals surface area contributed by atoms with Crippen molar-refractivity contribution < 1.29 is 14.6 Å². The van der Waals surface area contributed by atoms with Crippen molar-refractivity contribution in [3.05, 3.63) is 12.2 Å². The molecule has 1 unspecified atom stereocenters. The molecule has 2 aliphatic rings. The number of carbonyl (C=O) groups is 1. The summed E-state index contributed by atoms with van der Waals surface area (Å²) < 4.78 is 5.24. The Kier molecular flexibility index (Phi) is 4.99. The summed E-state index contributed by atoms with van der Waals surface area (Å²) in [4.78, 5) is 13.4. The lowest BCUT2D eigenvalue weighted by atomic mass is 9.97. The number of fused-ring (bicyclic) bond motifs is 1. The van der Waals surface area contributed by atoms with Crippen LogP contribution in [0.25, 0.3) is 0 Å². The topological polar surface area (TPSA) is 49.8 Å². The number of carbonyl (C=O) groups excluding carboxylic acids is 1. The molecular formula is C15H25NO3. The Labute approximate surface area is 115 Å². The number of ether oxygens (including phenoxy) is 1. The number of hydrogen-bond acceptors (Lipinski definition) is 4. The predicted molar refractivity (Wildman–Crippen MR) is 73.7 cm³/mol. The van der Waals surface area contributed by atoms with Gasteiger partial charge in [0.25, 0.3) is 0 Å². The van der Waals surface area contributed by atoms with Crippen molar-refractivity contribution >= 4 is 5.97 Å². The standard InChI is InChI=1S/C15H25NO3/c1-3-4-5-6-11(17)10-16(2)13-7-8-14-12(13)9-15(18)19-14/h7-8,11-14,17H,3-6,9-10H2,1-2H3/t11?,12-,13-,14+/m0/s1. The molecule has 1 aliphatic heterocycles. The first-order chi connectivity index (χ1) is 9.11. The van der Waals surface area contributed by atoms with E-state index in [0.29, 0.717) is 13.0 Å². The minimum absolute atomic E-state index is 0.0443. The summed E-state index contributed by atoms with van der Waals surface area (Å²) in [6.45, 7) is 2.83. The first kappa shape index (κ1) is 14.5. The number of rotatable bonds is 7. The Bertz CT molecular complexity index is 342. The number of likely N-dealkylation sites (N-methyl/N-ethyl adjacent to an activating group) is 1. The van der Waals surface area contributed by atoms with Gasteiger partial charge in [-0.25, -0.2) is 0 Å². The largest absolute Gasteiger partial charge is 0.458 e. The van der Waals surface area contributed by atoms with E-state index in [9.17, 15) is 9.90 Å². The van der Waals surface area contributed by atoms with Crippen molar-refractivity contribution in [3.8, 4) is 0 Å². The summed E-state index contributed by atoms with van der Waals surface area (Å²) in [6.07, 6.45) is 8.57. The molecule has 1 saturated heterocycles. The van der Waals surface area contributed by atoms with Gasteiger partial charge in [0, 0.05) is 18.5 Å². The summed E-state index contributed by atoms with van der Waals surface area (Å²) in [6, 6.07) is 0.220. The Balaban J connectivity index is 1.78. The highest BCUT2D eigenvalue weighted by Gasteiger charge is 2.42. The average molecular weight is 267 g/mol. The van der Waals surface area contributed by atoms with Crippen molar-refractivity contribution in [1.82, 2.24) is 4.90 Å². The molecule has 0 aromatic rings. The van der Waals surface area contributed by atoms with Crippen molar-refractivity contribution in [1.29, 1.82) is 0 Å². The van der Waals surface area contributed by atoms with Gasteiger partial charge in [-0.1, -0.05) is 32.3 Å². The molecule has 0 saturated carbocycles. The van der Waals surface area contributed by atoms with E-state index < -0.39 is 0 Å². The Morgan fingerprint density at radius 2 is 2.26 bits per heavy atom. The molecule has 0 spiro atoms. The Hall–Kier alpha value is -0.870. The zero-order valence-electron chi connectivity index (χ0n) is 11.9. The molecule has 4 nitrogen and oxygen atoms in total. The molecule has 4 atom stereocenters. The quantitative estimate of drug-likeness (QED) is 0.433. The van der Waals surface area contributed by atoms with Gasteiger partial charge in [-0.15, -0.1) is 0 Å². The summed E-state index contributed by atoms with van der Waals surface area (Å²) in [5.41, 5.74) is 0. The number of hydrogen-bond donors (Lipinski definition) is 1. The second-order valence-electron chi connectivity index (χ2n) is 5.79. The van der Waals surface area contributed by atoms with E-state index in [1.807, 2.05) is 13.1 Å². The lowest BCUT2D eigenvalue weighted by Crippen LogP contribution is -2.40. The summed E-state index contributed by atoms with van der Waals surface area (Å²) in [5.74, 6) is 0.140. The molecule has 0 aromatic heterocycles. The molecular weight excluding hydrogens is 242 g/mol. The number of nitrogens with zero attached hydrogens (tertiary/aromatic N) is 1. The molecule has 1 heterocycles. The van der Waals surface area contributed by atoms with Crippen LogP contribution in [0.3, 0.4) is 0 Å². The zero-order chi connectivity index (χ0) is 13.8. The van der Waals surface area contributed by atoms with Crippen LogP contribution in [0.2, 0.25) is 0 Å². The van der Waals surface area contributed by atoms with Crippen molar-refractivity contribution in [2.45, 2.75) is 57.3 Å². The second kappa shape index (κ2) is 6.53. The summed E-state index contributed by atoms with van der Waals surface area (Å²) in [5, 5.41) is 10.0. The molecule has 4 heteroatoms. The third kappa shape index (κ3) is 3.57. The first-order valence-electron chi connectivity index (χ1n) is 7.38. The smallest absolute Gasteiger partial charge is 0.306 e. The third-order valence-corrected chi connectivity index (χ3v) is 4.18. The lowest BCUT2D eigenvalue weighted by Gasteiger charge is -2.29. The molecule has 0 bridgehead atoms. The highest BCUT2D eigenvalue weighted by atomic mass is 16.5. The Morgan fingerprint density at radius 3 is 3.00 bits per heavy atom. The number of aliphatic hydroxyl groups excluding tert-OH is 1. The molecule has 1 N–H and O–H groups in total. The van der Waals surface area contributed by atoms with Crippen molar-refractivity contribution in [3.63, 3.8) is 0 Å². The fourth-order valence-corrected chi connectivity index (χ4v) is 3.11. The number of unbranched alkanes of at least 4 members (excludes halogenated alkanes) is 2. The number of esters is 1. The van der Waals surface area contributed by atoms with Gasteiger partial charge in [-0.2, -0.15) is 0 Å². The average Bonchev–Trinajstić information content (AvgIpc) is 2.87. The van der Waals surface area contributed by atoms with E-state index in [4.69, 9.17) is 4.74 Å². The van der Waals surface area contributed by atoms with Crippen LogP contribution in [0.1, 0.15) is 39.0 Å². The summed E-state index contributed by atoms with van der Waals surface area (Å²) in [7, 11) is 2.02. The van der Waals surface area contributed by atoms with Gasteiger partial charge < -0.3 is 9.84 Å². The maximum atomic E-state index is 11.3. The van der Waals surface area contributed by atoms with Gasteiger partial charge in [-0.05, 0) is 19.5 Å². The molecule has 1 aliphatic carbocycles. The van der Waals surface area contributed by atoms with E-state index in [0.717, 1.165) is 12.8 Å². The normalized spacial score (nSPS) is 30.7. The minimum Gasteiger partial charge on any atom is -0.458 e. The minimum atomic E-state index is -0.276. The van der Waals surface area contributed by atoms with Crippen LogP contribution in [0.5, 0.6) is 0 Å². The van der Waals surface area contributed by atoms with Crippen LogP contribution in [0.4, 0.5) is 0 Å². The third-order valence-electron chi connectivity index (χ3n) is 4.18. The molecule has 108 valence electrons. The highest BCUT2D eigenvalue weighted by molar-refractivity contribution is 5.73. The molecule has 2 rings (SSSR count). The lowest BCUT2D eigenvalue weighted by molar-refractivity contribution is -0.140. The van der Waals surface area contributed by atoms with E-state index >= 15 is 0 Å².